The average molecular weight is 232 g/mol. The highest BCUT2D eigenvalue weighted by atomic mass is 16.1. The molecule has 0 saturated carbocycles. The SMILES string of the molecule is CC(=O)c1cccnc1N1CCCC(C)C1C. The number of hydrogen-bond acceptors (Lipinski definition) is 3. The maximum Gasteiger partial charge on any atom is 0.163 e. The summed E-state index contributed by atoms with van der Waals surface area (Å²) in [5, 5.41) is 0. The summed E-state index contributed by atoms with van der Waals surface area (Å²) in [6, 6.07) is 4.16. The molecule has 2 unspecified atom stereocenters. The Morgan fingerprint density at radius 1 is 1.47 bits per heavy atom. The molecule has 1 fully saturated rings. The van der Waals surface area contributed by atoms with Gasteiger partial charge in [0.15, 0.2) is 5.78 Å². The highest BCUT2D eigenvalue weighted by molar-refractivity contribution is 5.98. The molecule has 1 aliphatic rings. The van der Waals surface area contributed by atoms with E-state index in [1.807, 2.05) is 12.1 Å². The normalized spacial score (nSPS) is 24.8. The molecule has 17 heavy (non-hydrogen) atoms. The van der Waals surface area contributed by atoms with Gasteiger partial charge in [0.25, 0.3) is 0 Å². The smallest absolute Gasteiger partial charge is 0.163 e. The molecule has 3 heteroatoms. The fourth-order valence-corrected chi connectivity index (χ4v) is 2.54. The molecule has 0 aromatic carbocycles. The van der Waals surface area contributed by atoms with E-state index in [0.29, 0.717) is 12.0 Å². The Kier molecular flexibility index (Phi) is 3.46. The Hall–Kier alpha value is -1.38. The number of anilines is 1. The summed E-state index contributed by atoms with van der Waals surface area (Å²) in [6.45, 7) is 7.11. The number of aromatic nitrogens is 1. The van der Waals surface area contributed by atoms with E-state index in [9.17, 15) is 4.79 Å². The van der Waals surface area contributed by atoms with Crippen LogP contribution in [0.25, 0.3) is 0 Å². The van der Waals surface area contributed by atoms with Crippen molar-refractivity contribution in [1.29, 1.82) is 0 Å². The van der Waals surface area contributed by atoms with Crippen LogP contribution in [-0.4, -0.2) is 23.4 Å². The zero-order chi connectivity index (χ0) is 12.4. The van der Waals surface area contributed by atoms with Gasteiger partial charge in [-0.25, -0.2) is 4.98 Å². The van der Waals surface area contributed by atoms with Crippen LogP contribution in [0.1, 0.15) is 44.0 Å². The molecule has 0 radical (unpaired) electrons. The van der Waals surface area contributed by atoms with E-state index in [2.05, 4.69) is 23.7 Å². The average Bonchev–Trinajstić information content (AvgIpc) is 2.33. The Bertz CT molecular complexity index is 416. The lowest BCUT2D eigenvalue weighted by atomic mass is 9.91. The Morgan fingerprint density at radius 3 is 2.94 bits per heavy atom. The number of ketones is 1. The molecule has 1 saturated heterocycles. The molecule has 0 aliphatic carbocycles. The number of Topliss-reactive ketones (excluding diaryl/α,β-unsaturated/α-hetero) is 1. The lowest BCUT2D eigenvalue weighted by Gasteiger charge is -2.39. The van der Waals surface area contributed by atoms with Crippen LogP contribution in [0.15, 0.2) is 18.3 Å². The highest BCUT2D eigenvalue weighted by Gasteiger charge is 2.27. The molecule has 1 aliphatic heterocycles. The quantitative estimate of drug-likeness (QED) is 0.735. The third-order valence-corrected chi connectivity index (χ3v) is 3.81. The van der Waals surface area contributed by atoms with Crippen molar-refractivity contribution in [3.05, 3.63) is 23.9 Å². The van der Waals surface area contributed by atoms with Gasteiger partial charge >= 0.3 is 0 Å². The first kappa shape index (κ1) is 12.1. The van der Waals surface area contributed by atoms with Gasteiger partial charge in [0, 0.05) is 18.8 Å². The van der Waals surface area contributed by atoms with Crippen molar-refractivity contribution >= 4 is 11.6 Å². The van der Waals surface area contributed by atoms with E-state index in [4.69, 9.17) is 0 Å². The summed E-state index contributed by atoms with van der Waals surface area (Å²) in [4.78, 5) is 18.3. The number of carbonyl (C=O) groups excluding carboxylic acids is 1. The molecule has 2 heterocycles. The number of rotatable bonds is 2. The zero-order valence-corrected chi connectivity index (χ0v) is 10.8. The lowest BCUT2D eigenvalue weighted by Crippen LogP contribution is -2.43. The zero-order valence-electron chi connectivity index (χ0n) is 10.8. The van der Waals surface area contributed by atoms with Crippen molar-refractivity contribution in [2.45, 2.75) is 39.7 Å². The van der Waals surface area contributed by atoms with Crippen molar-refractivity contribution < 1.29 is 4.79 Å². The van der Waals surface area contributed by atoms with Crippen LogP contribution < -0.4 is 4.90 Å². The summed E-state index contributed by atoms with van der Waals surface area (Å²) >= 11 is 0. The largest absolute Gasteiger partial charge is 0.353 e. The standard InChI is InChI=1S/C14H20N2O/c1-10-6-5-9-16(11(10)2)14-13(12(3)17)7-4-8-15-14/h4,7-8,10-11H,5-6,9H2,1-3H3. The van der Waals surface area contributed by atoms with Crippen LogP contribution >= 0.6 is 0 Å². The van der Waals surface area contributed by atoms with E-state index < -0.39 is 0 Å². The van der Waals surface area contributed by atoms with E-state index in [1.54, 1.807) is 13.1 Å². The number of pyridine rings is 1. The van der Waals surface area contributed by atoms with Crippen molar-refractivity contribution in [2.24, 2.45) is 5.92 Å². The monoisotopic (exact) mass is 232 g/mol. The molecule has 3 nitrogen and oxygen atoms in total. The summed E-state index contributed by atoms with van der Waals surface area (Å²) in [5.41, 5.74) is 0.744. The molecule has 2 atom stereocenters. The predicted octanol–water partition coefficient (Wildman–Crippen LogP) is 2.91. The van der Waals surface area contributed by atoms with Crippen LogP contribution in [0.5, 0.6) is 0 Å². The molecule has 1 aromatic heterocycles. The van der Waals surface area contributed by atoms with Crippen LogP contribution in [0.4, 0.5) is 5.82 Å². The van der Waals surface area contributed by atoms with Crippen molar-refractivity contribution in [2.75, 3.05) is 11.4 Å². The second kappa shape index (κ2) is 4.86. The van der Waals surface area contributed by atoms with Gasteiger partial charge in [-0.05, 0) is 44.7 Å². The lowest BCUT2D eigenvalue weighted by molar-refractivity contribution is 0.101. The Morgan fingerprint density at radius 2 is 2.24 bits per heavy atom. The molecule has 0 bridgehead atoms. The second-order valence-electron chi connectivity index (χ2n) is 4.98. The van der Waals surface area contributed by atoms with Gasteiger partial charge in [-0.15, -0.1) is 0 Å². The van der Waals surface area contributed by atoms with Crippen molar-refractivity contribution in [1.82, 2.24) is 4.98 Å². The summed E-state index contributed by atoms with van der Waals surface area (Å²) in [7, 11) is 0. The summed E-state index contributed by atoms with van der Waals surface area (Å²) in [6.07, 6.45) is 4.22. The number of hydrogen-bond donors (Lipinski definition) is 0. The van der Waals surface area contributed by atoms with E-state index in [-0.39, 0.29) is 5.78 Å². The van der Waals surface area contributed by atoms with Gasteiger partial charge in [-0.1, -0.05) is 6.92 Å². The van der Waals surface area contributed by atoms with E-state index in [1.165, 1.54) is 12.8 Å². The summed E-state index contributed by atoms with van der Waals surface area (Å²) < 4.78 is 0. The minimum absolute atomic E-state index is 0.0959. The van der Waals surface area contributed by atoms with Gasteiger partial charge in [-0.2, -0.15) is 0 Å². The van der Waals surface area contributed by atoms with Crippen LogP contribution in [0, 0.1) is 5.92 Å². The first-order chi connectivity index (χ1) is 8.11. The second-order valence-corrected chi connectivity index (χ2v) is 4.98. The van der Waals surface area contributed by atoms with E-state index >= 15 is 0 Å². The van der Waals surface area contributed by atoms with Crippen molar-refractivity contribution in [3.63, 3.8) is 0 Å². The molecular weight excluding hydrogens is 212 g/mol. The Labute approximate surface area is 103 Å². The van der Waals surface area contributed by atoms with Crippen LogP contribution in [0.2, 0.25) is 0 Å². The highest BCUT2D eigenvalue weighted by Crippen LogP contribution is 2.29. The number of nitrogens with zero attached hydrogens (tertiary/aromatic N) is 2. The first-order valence-electron chi connectivity index (χ1n) is 6.34. The molecule has 1 aromatic rings. The third kappa shape index (κ3) is 2.33. The minimum atomic E-state index is 0.0959. The fourth-order valence-electron chi connectivity index (χ4n) is 2.54. The number of carbonyl (C=O) groups is 1. The maximum atomic E-state index is 11.6. The molecule has 92 valence electrons. The van der Waals surface area contributed by atoms with Gasteiger partial charge in [0.05, 0.1) is 5.56 Å². The fraction of sp³-hybridized carbons (Fsp3) is 0.571. The van der Waals surface area contributed by atoms with E-state index in [0.717, 1.165) is 17.9 Å². The molecule has 0 spiro atoms. The molecule has 0 N–H and O–H groups in total. The van der Waals surface area contributed by atoms with Crippen LogP contribution in [-0.2, 0) is 0 Å². The first-order valence-corrected chi connectivity index (χ1v) is 6.34. The maximum absolute atomic E-state index is 11.6. The topological polar surface area (TPSA) is 33.2 Å². The van der Waals surface area contributed by atoms with Gasteiger partial charge in [0.1, 0.15) is 5.82 Å². The molecule has 0 amide bonds. The third-order valence-electron chi connectivity index (χ3n) is 3.81. The number of piperidine rings is 1. The van der Waals surface area contributed by atoms with Gasteiger partial charge in [-0.3, -0.25) is 4.79 Å². The van der Waals surface area contributed by atoms with Crippen molar-refractivity contribution in [3.8, 4) is 0 Å². The Balaban J connectivity index is 2.36. The van der Waals surface area contributed by atoms with Gasteiger partial charge in [0.2, 0.25) is 0 Å². The molecular formula is C14H20N2O. The minimum Gasteiger partial charge on any atom is -0.353 e. The predicted molar refractivity (Wildman–Crippen MR) is 69.4 cm³/mol. The summed E-state index contributed by atoms with van der Waals surface area (Å²) in [5.74, 6) is 1.61. The van der Waals surface area contributed by atoms with Crippen LogP contribution in [0.3, 0.4) is 0 Å². The van der Waals surface area contributed by atoms with Gasteiger partial charge < -0.3 is 4.90 Å². The molecule has 2 rings (SSSR count).